The zero-order valence-corrected chi connectivity index (χ0v) is 14.1. The van der Waals surface area contributed by atoms with Crippen LogP contribution in [0.3, 0.4) is 0 Å². The van der Waals surface area contributed by atoms with E-state index in [2.05, 4.69) is 4.98 Å². The molecule has 8 heteroatoms. The van der Waals surface area contributed by atoms with Gasteiger partial charge in [-0.2, -0.15) is 0 Å². The van der Waals surface area contributed by atoms with Gasteiger partial charge in [-0.1, -0.05) is 0 Å². The lowest BCUT2D eigenvalue weighted by Gasteiger charge is -2.32. The third-order valence-corrected chi connectivity index (χ3v) is 4.75. The highest BCUT2D eigenvalue weighted by Gasteiger charge is 2.27. The predicted molar refractivity (Wildman–Crippen MR) is 93.9 cm³/mol. The Labute approximate surface area is 149 Å². The Balaban J connectivity index is 1.87. The highest BCUT2D eigenvalue weighted by Crippen LogP contribution is 2.29. The lowest BCUT2D eigenvalue weighted by molar-refractivity contribution is -0.383. The average molecular weight is 357 g/mol. The summed E-state index contributed by atoms with van der Waals surface area (Å²) in [5.41, 5.74) is 0.576. The molecule has 1 unspecified atom stereocenters. The first kappa shape index (κ1) is 17.8. The molecule has 0 radical (unpaired) electrons. The third kappa shape index (κ3) is 3.63. The molecule has 0 saturated carbocycles. The van der Waals surface area contributed by atoms with E-state index in [0.29, 0.717) is 36.0 Å². The minimum absolute atomic E-state index is 0.0809. The van der Waals surface area contributed by atoms with Crippen LogP contribution >= 0.6 is 0 Å². The van der Waals surface area contributed by atoms with E-state index < -0.39 is 10.9 Å². The van der Waals surface area contributed by atoms with Crippen molar-refractivity contribution in [3.63, 3.8) is 0 Å². The van der Waals surface area contributed by atoms with Crippen LogP contribution in [0.25, 0.3) is 10.9 Å². The van der Waals surface area contributed by atoms with Crippen LogP contribution in [0.2, 0.25) is 0 Å². The fraction of sp³-hybridized carbons (Fsp3) is 0.389. The summed E-state index contributed by atoms with van der Waals surface area (Å²) in [5, 5.41) is 20.4. The number of carbonyl (C=O) groups excluding carboxylic acids is 1. The molecule has 1 saturated heterocycles. The number of amides is 1. The zero-order chi connectivity index (χ0) is 18.7. The van der Waals surface area contributed by atoms with Gasteiger partial charge in [-0.25, -0.2) is 0 Å². The first-order chi connectivity index (χ1) is 12.5. The smallest absolute Gasteiger partial charge is 0.303 e. The number of nitro benzene ring substituents is 1. The lowest BCUT2D eigenvalue weighted by Crippen LogP contribution is -2.40. The number of pyridine rings is 1. The minimum Gasteiger partial charge on any atom is -0.481 e. The van der Waals surface area contributed by atoms with Gasteiger partial charge in [0.05, 0.1) is 21.4 Å². The molecule has 1 aliphatic rings. The fourth-order valence-electron chi connectivity index (χ4n) is 3.47. The molecule has 1 aliphatic heterocycles. The largest absolute Gasteiger partial charge is 0.481 e. The molecular weight excluding hydrogens is 338 g/mol. The molecule has 136 valence electrons. The number of non-ortho nitro benzene ring substituents is 1. The number of likely N-dealkylation sites (tertiary alicyclic amines) is 1. The van der Waals surface area contributed by atoms with Gasteiger partial charge in [0.2, 0.25) is 0 Å². The quantitative estimate of drug-likeness (QED) is 0.650. The van der Waals surface area contributed by atoms with Crippen LogP contribution in [0.1, 0.15) is 36.0 Å². The minimum atomic E-state index is -0.834. The summed E-state index contributed by atoms with van der Waals surface area (Å²) in [6, 6.07) is 5.98. The standard InChI is InChI=1S/C18H19N3O5/c22-16(23)8-5-12-3-2-10-20(11-12)18(24)14-6-7-15(21(25)26)13-4-1-9-19-17(13)14/h1,4,6-7,9,12H,2-3,5,8,10-11H2,(H,22,23). The van der Waals surface area contributed by atoms with Gasteiger partial charge in [0, 0.05) is 31.8 Å². The van der Waals surface area contributed by atoms with E-state index in [1.165, 1.54) is 18.3 Å². The number of carboxylic acid groups (broad SMARTS) is 1. The first-order valence-corrected chi connectivity index (χ1v) is 8.50. The van der Waals surface area contributed by atoms with Crippen molar-refractivity contribution in [2.24, 2.45) is 5.92 Å². The summed E-state index contributed by atoms with van der Waals surface area (Å²) in [6.45, 7) is 1.09. The van der Waals surface area contributed by atoms with Crippen LogP contribution < -0.4 is 0 Å². The Hall–Kier alpha value is -3.03. The van der Waals surface area contributed by atoms with Crippen molar-refractivity contribution in [2.75, 3.05) is 13.1 Å². The Kier molecular flexibility index (Phi) is 5.11. The van der Waals surface area contributed by atoms with Crippen molar-refractivity contribution < 1.29 is 19.6 Å². The van der Waals surface area contributed by atoms with E-state index in [-0.39, 0.29) is 23.9 Å². The predicted octanol–water partition coefficient (Wildman–Crippen LogP) is 2.86. The van der Waals surface area contributed by atoms with Crippen LogP contribution in [0.15, 0.2) is 30.5 Å². The van der Waals surface area contributed by atoms with Gasteiger partial charge >= 0.3 is 5.97 Å². The van der Waals surface area contributed by atoms with Gasteiger partial charge in [-0.3, -0.25) is 24.7 Å². The molecule has 1 N–H and O–H groups in total. The number of aliphatic carboxylic acids is 1. The number of carbonyl (C=O) groups is 2. The first-order valence-electron chi connectivity index (χ1n) is 8.50. The van der Waals surface area contributed by atoms with Crippen molar-refractivity contribution in [3.05, 3.63) is 46.1 Å². The molecule has 1 amide bonds. The highest BCUT2D eigenvalue weighted by molar-refractivity contribution is 6.07. The SMILES string of the molecule is O=C(O)CCC1CCCN(C(=O)c2ccc([N+](=O)[O-])c3cccnc23)C1. The molecule has 0 spiro atoms. The summed E-state index contributed by atoms with van der Waals surface area (Å²) in [4.78, 5) is 40.4. The molecule has 1 aromatic heterocycles. The molecular formula is C18H19N3O5. The molecule has 0 aliphatic carbocycles. The normalized spacial score (nSPS) is 17.2. The number of rotatable bonds is 5. The summed E-state index contributed by atoms with van der Waals surface area (Å²) in [6.07, 6.45) is 3.85. The van der Waals surface area contributed by atoms with E-state index >= 15 is 0 Å². The molecule has 1 aromatic carbocycles. The molecule has 2 aromatic rings. The van der Waals surface area contributed by atoms with Crippen molar-refractivity contribution in [3.8, 4) is 0 Å². The van der Waals surface area contributed by atoms with E-state index in [0.717, 1.165) is 12.8 Å². The number of nitro groups is 1. The number of hydrogen-bond donors (Lipinski definition) is 1. The number of piperidine rings is 1. The van der Waals surface area contributed by atoms with Gasteiger partial charge in [0.25, 0.3) is 11.6 Å². The van der Waals surface area contributed by atoms with Crippen LogP contribution in [-0.4, -0.2) is 44.9 Å². The summed E-state index contributed by atoms with van der Waals surface area (Å²) >= 11 is 0. The van der Waals surface area contributed by atoms with E-state index in [1.54, 1.807) is 17.0 Å². The van der Waals surface area contributed by atoms with Crippen LogP contribution in [0.5, 0.6) is 0 Å². The van der Waals surface area contributed by atoms with Gasteiger partial charge in [-0.05, 0) is 43.4 Å². The fourth-order valence-corrected chi connectivity index (χ4v) is 3.47. The second-order valence-corrected chi connectivity index (χ2v) is 6.48. The van der Waals surface area contributed by atoms with Crippen molar-refractivity contribution >= 4 is 28.5 Å². The molecule has 2 heterocycles. The summed E-state index contributed by atoms with van der Waals surface area (Å²) in [7, 11) is 0. The second-order valence-electron chi connectivity index (χ2n) is 6.48. The van der Waals surface area contributed by atoms with Crippen molar-refractivity contribution in [1.29, 1.82) is 0 Å². The molecule has 26 heavy (non-hydrogen) atoms. The average Bonchev–Trinajstić information content (AvgIpc) is 2.65. The number of benzene rings is 1. The van der Waals surface area contributed by atoms with Crippen LogP contribution in [0.4, 0.5) is 5.69 Å². The van der Waals surface area contributed by atoms with Gasteiger partial charge < -0.3 is 10.0 Å². The number of fused-ring (bicyclic) bond motifs is 1. The highest BCUT2D eigenvalue weighted by atomic mass is 16.6. The molecule has 0 bridgehead atoms. The maximum Gasteiger partial charge on any atom is 0.303 e. The molecule has 3 rings (SSSR count). The van der Waals surface area contributed by atoms with Crippen molar-refractivity contribution in [1.82, 2.24) is 9.88 Å². The Morgan fingerprint density at radius 3 is 2.88 bits per heavy atom. The second kappa shape index (κ2) is 7.47. The van der Waals surface area contributed by atoms with Gasteiger partial charge in [-0.15, -0.1) is 0 Å². The van der Waals surface area contributed by atoms with Gasteiger partial charge in [0.1, 0.15) is 0 Å². The van der Waals surface area contributed by atoms with E-state index in [9.17, 15) is 19.7 Å². The molecule has 1 fully saturated rings. The Morgan fingerprint density at radius 1 is 1.35 bits per heavy atom. The molecule has 1 atom stereocenters. The summed E-state index contributed by atoms with van der Waals surface area (Å²) in [5.74, 6) is -0.899. The summed E-state index contributed by atoms with van der Waals surface area (Å²) < 4.78 is 0. The van der Waals surface area contributed by atoms with Crippen molar-refractivity contribution in [2.45, 2.75) is 25.7 Å². The maximum absolute atomic E-state index is 13.0. The molecule has 8 nitrogen and oxygen atoms in total. The van der Waals surface area contributed by atoms with Crippen LogP contribution in [0, 0.1) is 16.0 Å². The number of aromatic nitrogens is 1. The van der Waals surface area contributed by atoms with Gasteiger partial charge in [0.15, 0.2) is 0 Å². The Morgan fingerprint density at radius 2 is 2.15 bits per heavy atom. The number of nitrogens with zero attached hydrogens (tertiary/aromatic N) is 3. The maximum atomic E-state index is 13.0. The Bertz CT molecular complexity index is 867. The van der Waals surface area contributed by atoms with E-state index in [4.69, 9.17) is 5.11 Å². The lowest BCUT2D eigenvalue weighted by atomic mass is 9.93. The number of carboxylic acids is 1. The zero-order valence-electron chi connectivity index (χ0n) is 14.1. The van der Waals surface area contributed by atoms with E-state index in [1.807, 2.05) is 0 Å². The monoisotopic (exact) mass is 357 g/mol. The third-order valence-electron chi connectivity index (χ3n) is 4.75. The van der Waals surface area contributed by atoms with Crippen LogP contribution in [-0.2, 0) is 4.79 Å². The topological polar surface area (TPSA) is 114 Å². The number of hydrogen-bond acceptors (Lipinski definition) is 5.